The summed E-state index contributed by atoms with van der Waals surface area (Å²) in [6, 6.07) is 9.43. The summed E-state index contributed by atoms with van der Waals surface area (Å²) in [5.74, 6) is 0.376. The van der Waals surface area contributed by atoms with Crippen LogP contribution in [0.5, 0.6) is 0 Å². The molecule has 7 heteroatoms. The minimum atomic E-state index is -0.141. The van der Waals surface area contributed by atoms with Crippen LogP contribution in [0.4, 0.5) is 0 Å². The smallest absolute Gasteiger partial charge is 0.312 e. The summed E-state index contributed by atoms with van der Waals surface area (Å²) in [5.41, 5.74) is 2.05. The predicted molar refractivity (Wildman–Crippen MR) is 104 cm³/mol. The van der Waals surface area contributed by atoms with Crippen LogP contribution in [0.2, 0.25) is 0 Å². The Morgan fingerprint density at radius 2 is 2.04 bits per heavy atom. The molecule has 1 atom stereocenters. The second-order valence-electron chi connectivity index (χ2n) is 6.76. The van der Waals surface area contributed by atoms with Crippen LogP contribution in [-0.4, -0.2) is 14.3 Å². The predicted octanol–water partition coefficient (Wildman–Crippen LogP) is 2.86. The average molecular weight is 369 g/mol. The molecule has 0 aliphatic rings. The molecule has 0 aliphatic heterocycles. The summed E-state index contributed by atoms with van der Waals surface area (Å²) >= 11 is 1.50. The molecule has 134 valence electrons. The molecule has 0 amide bonds. The summed E-state index contributed by atoms with van der Waals surface area (Å²) in [5, 5.41) is 4.36. The van der Waals surface area contributed by atoms with Crippen LogP contribution in [-0.2, 0) is 6.54 Å². The number of nitrogens with one attached hydrogen (secondary N) is 2. The van der Waals surface area contributed by atoms with Crippen LogP contribution in [0, 0.1) is 12.8 Å². The van der Waals surface area contributed by atoms with Crippen molar-refractivity contribution in [3.05, 3.63) is 56.7 Å². The van der Waals surface area contributed by atoms with Gasteiger partial charge in [0.1, 0.15) is 10.9 Å². The third-order valence-corrected chi connectivity index (χ3v) is 6.00. The topological polar surface area (TPSA) is 73.9 Å². The van der Waals surface area contributed by atoms with E-state index in [9.17, 15) is 9.59 Å². The zero-order valence-corrected chi connectivity index (χ0v) is 15.8. The molecular weight excluding hydrogens is 348 g/mol. The molecule has 26 heavy (non-hydrogen) atoms. The highest BCUT2D eigenvalue weighted by atomic mass is 32.1. The molecule has 2 N–H and O–H groups in total. The monoisotopic (exact) mass is 369 g/mol. The minimum absolute atomic E-state index is 0.0796. The highest BCUT2D eigenvalue weighted by molar-refractivity contribution is 7.20. The van der Waals surface area contributed by atoms with Crippen LogP contribution in [0.15, 0.2) is 39.9 Å². The normalized spacial score (nSPS) is 12.9. The molecule has 0 unspecified atom stereocenters. The quantitative estimate of drug-likeness (QED) is 0.601. The van der Waals surface area contributed by atoms with Crippen molar-refractivity contribution >= 4 is 32.5 Å². The van der Waals surface area contributed by atoms with Crippen LogP contribution in [0.3, 0.4) is 0 Å². The minimum Gasteiger partial charge on any atom is -0.312 e. The first kappa shape index (κ1) is 16.8. The fourth-order valence-electron chi connectivity index (χ4n) is 3.23. The Morgan fingerprint density at radius 1 is 1.27 bits per heavy atom. The second kappa shape index (κ2) is 6.25. The van der Waals surface area contributed by atoms with E-state index >= 15 is 0 Å². The molecule has 4 aromatic rings. The van der Waals surface area contributed by atoms with Crippen molar-refractivity contribution in [2.45, 2.75) is 33.7 Å². The van der Waals surface area contributed by atoms with Gasteiger partial charge in [0.2, 0.25) is 0 Å². The molecule has 4 rings (SSSR count). The van der Waals surface area contributed by atoms with E-state index in [0.29, 0.717) is 34.2 Å². The van der Waals surface area contributed by atoms with Gasteiger partial charge < -0.3 is 4.57 Å². The molecule has 0 aliphatic carbocycles. The molecule has 0 fully saturated rings. The van der Waals surface area contributed by atoms with Gasteiger partial charge in [0, 0.05) is 18.3 Å². The van der Waals surface area contributed by atoms with Gasteiger partial charge in [0.15, 0.2) is 0 Å². The third-order valence-electron chi connectivity index (χ3n) is 4.95. The summed E-state index contributed by atoms with van der Waals surface area (Å²) < 4.78 is 4.28. The lowest BCUT2D eigenvalue weighted by molar-refractivity contribution is -0.334. The first-order valence-electron chi connectivity index (χ1n) is 8.76. The number of hydrogen-bond donors (Lipinski definition) is 1. The van der Waals surface area contributed by atoms with Crippen molar-refractivity contribution in [3.8, 4) is 5.13 Å². The van der Waals surface area contributed by atoms with Crippen molar-refractivity contribution < 1.29 is 4.98 Å². The Bertz CT molecular complexity index is 1200. The fraction of sp³-hybridized carbons (Fsp3) is 0.316. The number of aromatic nitrogens is 4. The van der Waals surface area contributed by atoms with Crippen LogP contribution in [0.1, 0.15) is 26.0 Å². The van der Waals surface area contributed by atoms with Gasteiger partial charge in [-0.05, 0) is 36.3 Å². The van der Waals surface area contributed by atoms with E-state index in [-0.39, 0.29) is 11.1 Å². The number of H-pyrrole nitrogens is 2. The van der Waals surface area contributed by atoms with Gasteiger partial charge in [-0.15, -0.1) is 0 Å². The Morgan fingerprint density at radius 3 is 2.77 bits per heavy atom. The second-order valence-corrected chi connectivity index (χ2v) is 7.79. The van der Waals surface area contributed by atoms with E-state index in [2.05, 4.69) is 23.9 Å². The number of pyridine rings is 1. The summed E-state index contributed by atoms with van der Waals surface area (Å²) in [6.07, 6.45) is 0.984. The highest BCUT2D eigenvalue weighted by Crippen LogP contribution is 2.21. The number of nitrogens with zero attached hydrogens (tertiary/aromatic N) is 2. The van der Waals surface area contributed by atoms with E-state index in [4.69, 9.17) is 0 Å². The lowest BCUT2D eigenvalue weighted by Crippen LogP contribution is -2.26. The Labute approximate surface area is 153 Å². The number of hydrogen-bond acceptors (Lipinski definition) is 3. The Hall–Kier alpha value is -2.67. The molecule has 0 saturated carbocycles. The molecule has 3 aromatic heterocycles. The number of benzene rings is 1. The lowest BCUT2D eigenvalue weighted by atomic mass is 10.1. The summed E-state index contributed by atoms with van der Waals surface area (Å²) in [7, 11) is 0. The SMILES string of the molecule is CC[C@@H](C)Cn1c(C)c2c(=O)n(-c3[nH+]c4ccccc4s3)[nH]c2cc1=O. The Kier molecular flexibility index (Phi) is 4.03. The van der Waals surface area contributed by atoms with E-state index in [1.165, 1.54) is 22.1 Å². The maximum Gasteiger partial charge on any atom is 0.369 e. The molecular formula is C19H21N4O2S+. The molecule has 0 spiro atoms. The number of thiazole rings is 1. The van der Waals surface area contributed by atoms with Gasteiger partial charge in [-0.3, -0.25) is 4.79 Å². The third kappa shape index (κ3) is 2.59. The van der Waals surface area contributed by atoms with Crippen LogP contribution < -0.4 is 16.1 Å². The molecule has 0 bridgehead atoms. The van der Waals surface area contributed by atoms with Crippen molar-refractivity contribution in [1.29, 1.82) is 0 Å². The van der Waals surface area contributed by atoms with Crippen molar-refractivity contribution in [2.24, 2.45) is 5.92 Å². The van der Waals surface area contributed by atoms with Gasteiger partial charge in [-0.2, -0.15) is 0 Å². The average Bonchev–Trinajstić information content (AvgIpc) is 3.19. The maximum absolute atomic E-state index is 13.0. The van der Waals surface area contributed by atoms with Gasteiger partial charge in [-0.1, -0.05) is 37.1 Å². The van der Waals surface area contributed by atoms with Crippen LogP contribution >= 0.6 is 11.3 Å². The lowest BCUT2D eigenvalue weighted by Gasteiger charge is -2.13. The molecule has 3 heterocycles. The van der Waals surface area contributed by atoms with Crippen molar-refractivity contribution in [2.75, 3.05) is 0 Å². The van der Waals surface area contributed by atoms with Gasteiger partial charge >= 0.3 is 10.7 Å². The molecule has 0 radical (unpaired) electrons. The number of aryl methyl sites for hydroxylation is 1. The van der Waals surface area contributed by atoms with E-state index < -0.39 is 0 Å². The first-order valence-corrected chi connectivity index (χ1v) is 9.57. The van der Waals surface area contributed by atoms with Crippen LogP contribution in [0.25, 0.3) is 26.3 Å². The maximum atomic E-state index is 13.0. The zero-order chi connectivity index (χ0) is 18.4. The first-order chi connectivity index (χ1) is 12.5. The summed E-state index contributed by atoms with van der Waals surface area (Å²) in [6.45, 7) is 6.68. The zero-order valence-electron chi connectivity index (χ0n) is 15.0. The van der Waals surface area contributed by atoms with Crippen molar-refractivity contribution in [3.63, 3.8) is 0 Å². The van der Waals surface area contributed by atoms with E-state index in [0.717, 1.165) is 16.6 Å². The standard InChI is InChI=1S/C19H20N4O2S/c1-4-11(2)10-22-12(3)17-14(9-16(22)24)21-23(18(17)25)19-20-13-7-5-6-8-15(13)26-19/h5-9,11,21H,4,10H2,1-3H3/p+1/t11-/m1/s1. The molecule has 6 nitrogen and oxygen atoms in total. The Balaban J connectivity index is 1.93. The molecule has 1 aromatic carbocycles. The van der Waals surface area contributed by atoms with Gasteiger partial charge in [0.25, 0.3) is 5.56 Å². The van der Waals surface area contributed by atoms with E-state index in [1.54, 1.807) is 4.57 Å². The highest BCUT2D eigenvalue weighted by Gasteiger charge is 2.22. The fourth-order valence-corrected chi connectivity index (χ4v) is 4.19. The van der Waals surface area contributed by atoms with Gasteiger partial charge in [0.05, 0.1) is 10.2 Å². The molecule has 0 saturated heterocycles. The largest absolute Gasteiger partial charge is 0.369 e. The van der Waals surface area contributed by atoms with Crippen molar-refractivity contribution in [1.82, 2.24) is 14.3 Å². The number of aromatic amines is 2. The van der Waals surface area contributed by atoms with E-state index in [1.807, 2.05) is 31.2 Å². The number of fused-ring (bicyclic) bond motifs is 2. The number of para-hydroxylation sites is 1. The number of rotatable bonds is 4. The van der Waals surface area contributed by atoms with Gasteiger partial charge in [-0.25, -0.2) is 14.9 Å². The summed E-state index contributed by atoms with van der Waals surface area (Å²) in [4.78, 5) is 28.8.